The van der Waals surface area contributed by atoms with Gasteiger partial charge in [0, 0.05) is 18.9 Å². The lowest BCUT2D eigenvalue weighted by Crippen LogP contribution is -2.57. The van der Waals surface area contributed by atoms with Crippen LogP contribution in [0.25, 0.3) is 0 Å². The van der Waals surface area contributed by atoms with Crippen molar-refractivity contribution in [2.45, 2.75) is 110 Å². The Labute approximate surface area is 230 Å². The molecule has 0 radical (unpaired) electrons. The van der Waals surface area contributed by atoms with Crippen LogP contribution in [0.4, 0.5) is 4.79 Å². The number of rotatable bonds is 14. The van der Waals surface area contributed by atoms with Crippen molar-refractivity contribution < 1.29 is 33.8 Å². The van der Waals surface area contributed by atoms with E-state index in [2.05, 4.69) is 20.9 Å². The van der Waals surface area contributed by atoms with Crippen molar-refractivity contribution in [1.82, 2.24) is 20.9 Å². The van der Waals surface area contributed by atoms with Gasteiger partial charge in [-0.25, -0.2) is 9.59 Å². The third-order valence-electron chi connectivity index (χ3n) is 5.31. The Balaban J connectivity index is 2.87. The molecule has 1 aromatic heterocycles. The van der Waals surface area contributed by atoms with Gasteiger partial charge in [-0.2, -0.15) is 0 Å². The van der Waals surface area contributed by atoms with E-state index >= 15 is 0 Å². The molecule has 12 heteroatoms. The lowest BCUT2D eigenvalue weighted by atomic mass is 10.0. The summed E-state index contributed by atoms with van der Waals surface area (Å²) in [5.74, 6) is -2.49. The molecule has 0 saturated heterocycles. The summed E-state index contributed by atoms with van der Waals surface area (Å²) in [6.07, 6.45) is 3.15. The van der Waals surface area contributed by atoms with E-state index in [1.165, 1.54) is 0 Å². The van der Waals surface area contributed by atoms with Gasteiger partial charge in [0.15, 0.2) is 6.04 Å². The first-order chi connectivity index (χ1) is 18.0. The van der Waals surface area contributed by atoms with Crippen molar-refractivity contribution in [3.05, 3.63) is 30.1 Å². The summed E-state index contributed by atoms with van der Waals surface area (Å²) in [4.78, 5) is 53.8. The van der Waals surface area contributed by atoms with Gasteiger partial charge in [-0.3, -0.25) is 14.6 Å². The van der Waals surface area contributed by atoms with E-state index in [-0.39, 0.29) is 12.8 Å². The number of carboxylic acids is 1. The van der Waals surface area contributed by atoms with E-state index in [0.717, 1.165) is 5.56 Å². The minimum atomic E-state index is -1.34. The second-order valence-corrected chi connectivity index (χ2v) is 11.4. The van der Waals surface area contributed by atoms with Gasteiger partial charge >= 0.3 is 12.1 Å². The SMILES string of the molecule is C[C@@H](OC(C)(C)C)[C@H](NC(=O)[C@H](CCCCNC(=O)OC(C)(C)C)NC(=O)[C@@H](N)Cc1cccnc1)C(=O)O. The normalized spacial score (nSPS) is 14.9. The number of aliphatic carboxylic acids is 1. The zero-order valence-electron chi connectivity index (χ0n) is 24.1. The molecule has 220 valence electrons. The maximum absolute atomic E-state index is 13.2. The minimum Gasteiger partial charge on any atom is -0.480 e. The number of nitrogens with one attached hydrogen (secondary N) is 3. The van der Waals surface area contributed by atoms with Crippen LogP contribution >= 0.6 is 0 Å². The number of amides is 3. The van der Waals surface area contributed by atoms with E-state index in [0.29, 0.717) is 19.4 Å². The summed E-state index contributed by atoms with van der Waals surface area (Å²) in [6.45, 7) is 12.5. The van der Waals surface area contributed by atoms with Crippen LogP contribution in [0.3, 0.4) is 0 Å². The second kappa shape index (κ2) is 15.4. The molecule has 1 aromatic rings. The number of ether oxygens (including phenoxy) is 2. The number of carbonyl (C=O) groups is 4. The second-order valence-electron chi connectivity index (χ2n) is 11.4. The van der Waals surface area contributed by atoms with Crippen molar-refractivity contribution in [2.24, 2.45) is 5.73 Å². The molecule has 4 atom stereocenters. The Morgan fingerprint density at radius 3 is 2.23 bits per heavy atom. The first-order valence-corrected chi connectivity index (χ1v) is 13.1. The molecule has 0 aliphatic carbocycles. The fourth-order valence-corrected chi connectivity index (χ4v) is 3.65. The lowest BCUT2D eigenvalue weighted by molar-refractivity contribution is -0.150. The van der Waals surface area contributed by atoms with Crippen LogP contribution in [0.15, 0.2) is 24.5 Å². The molecule has 0 bridgehead atoms. The summed E-state index contributed by atoms with van der Waals surface area (Å²) in [5.41, 5.74) is 5.58. The molecule has 0 aliphatic heterocycles. The van der Waals surface area contributed by atoms with Crippen LogP contribution in [0, 0.1) is 0 Å². The number of hydrogen-bond acceptors (Lipinski definition) is 8. The fourth-order valence-electron chi connectivity index (χ4n) is 3.65. The number of pyridine rings is 1. The Morgan fingerprint density at radius 2 is 1.69 bits per heavy atom. The maximum atomic E-state index is 13.2. The number of nitrogens with two attached hydrogens (primary N) is 1. The van der Waals surface area contributed by atoms with E-state index in [9.17, 15) is 24.3 Å². The Hall–Kier alpha value is -3.25. The first-order valence-electron chi connectivity index (χ1n) is 13.1. The van der Waals surface area contributed by atoms with Gasteiger partial charge in [-0.1, -0.05) is 6.07 Å². The summed E-state index contributed by atoms with van der Waals surface area (Å²) < 4.78 is 10.9. The molecule has 39 heavy (non-hydrogen) atoms. The van der Waals surface area contributed by atoms with Crippen LogP contribution in [-0.4, -0.2) is 75.9 Å². The van der Waals surface area contributed by atoms with Gasteiger partial charge in [0.2, 0.25) is 11.8 Å². The third-order valence-corrected chi connectivity index (χ3v) is 5.31. The highest BCUT2D eigenvalue weighted by molar-refractivity contribution is 5.92. The number of unbranched alkanes of at least 4 members (excludes halogenated alkanes) is 1. The highest BCUT2D eigenvalue weighted by Crippen LogP contribution is 2.14. The average Bonchev–Trinajstić information content (AvgIpc) is 2.79. The van der Waals surface area contributed by atoms with Gasteiger partial charge < -0.3 is 36.3 Å². The number of nitrogens with zero attached hydrogens (tertiary/aromatic N) is 1. The summed E-state index contributed by atoms with van der Waals surface area (Å²) in [5, 5.41) is 17.5. The fraction of sp³-hybridized carbons (Fsp3) is 0.667. The molecular formula is C27H45N5O7. The summed E-state index contributed by atoms with van der Waals surface area (Å²) >= 11 is 0. The lowest BCUT2D eigenvalue weighted by Gasteiger charge is -2.30. The van der Waals surface area contributed by atoms with Crippen molar-refractivity contribution in [3.63, 3.8) is 0 Å². The molecule has 0 fully saturated rings. The molecule has 0 saturated carbocycles. The van der Waals surface area contributed by atoms with Gasteiger partial charge in [0.1, 0.15) is 11.6 Å². The zero-order valence-corrected chi connectivity index (χ0v) is 24.1. The molecule has 3 amide bonds. The number of hydrogen-bond donors (Lipinski definition) is 5. The van der Waals surface area contributed by atoms with Crippen molar-refractivity contribution in [1.29, 1.82) is 0 Å². The van der Waals surface area contributed by atoms with Crippen LogP contribution in [0.5, 0.6) is 0 Å². The quantitative estimate of drug-likeness (QED) is 0.216. The molecule has 0 spiro atoms. The first kappa shape index (κ1) is 33.8. The van der Waals surface area contributed by atoms with Gasteiger partial charge in [0.25, 0.3) is 0 Å². The third kappa shape index (κ3) is 14.5. The Bertz CT molecular complexity index is 944. The van der Waals surface area contributed by atoms with Crippen molar-refractivity contribution >= 4 is 23.9 Å². The predicted molar refractivity (Wildman–Crippen MR) is 146 cm³/mol. The number of carbonyl (C=O) groups excluding carboxylic acids is 3. The van der Waals surface area contributed by atoms with Crippen molar-refractivity contribution in [2.75, 3.05) is 6.54 Å². The monoisotopic (exact) mass is 551 g/mol. The molecule has 1 rings (SSSR count). The van der Waals surface area contributed by atoms with Crippen LogP contribution in [0.1, 0.15) is 73.3 Å². The molecule has 12 nitrogen and oxygen atoms in total. The van der Waals surface area contributed by atoms with Crippen LogP contribution < -0.4 is 21.7 Å². The molecule has 6 N–H and O–H groups in total. The standard InChI is InChI=1S/C27H45N5O7/c1-17(38-26(2,3)4)21(24(35)36)32-23(34)20(12-8-9-14-30-25(37)39-27(5,6)7)31-22(33)19(28)15-18-11-10-13-29-16-18/h10-11,13,16-17,19-21H,8-9,12,14-15,28H2,1-7H3,(H,30,37)(H,31,33)(H,32,34)(H,35,36)/t17-,19+,20+,21+/m1/s1. The highest BCUT2D eigenvalue weighted by Gasteiger charge is 2.33. The van der Waals surface area contributed by atoms with Gasteiger partial charge in [-0.15, -0.1) is 0 Å². The molecule has 0 unspecified atom stereocenters. The number of aromatic nitrogens is 1. The smallest absolute Gasteiger partial charge is 0.407 e. The minimum absolute atomic E-state index is 0.189. The largest absolute Gasteiger partial charge is 0.480 e. The Morgan fingerprint density at radius 1 is 1.03 bits per heavy atom. The van der Waals surface area contributed by atoms with Gasteiger partial charge in [0.05, 0.1) is 17.7 Å². The number of carboxylic acid groups (broad SMARTS) is 1. The number of alkyl carbamates (subject to hydrolysis) is 1. The van der Waals surface area contributed by atoms with E-state index in [1.807, 2.05) is 0 Å². The highest BCUT2D eigenvalue weighted by atomic mass is 16.6. The molecule has 0 aliphatic rings. The topological polar surface area (TPSA) is 182 Å². The predicted octanol–water partition coefficient (Wildman–Crippen LogP) is 1.90. The van der Waals surface area contributed by atoms with Gasteiger partial charge in [-0.05, 0) is 85.8 Å². The van der Waals surface area contributed by atoms with E-state index < -0.39 is 59.3 Å². The molecule has 0 aromatic carbocycles. The molecular weight excluding hydrogens is 506 g/mol. The van der Waals surface area contributed by atoms with E-state index in [4.69, 9.17) is 15.2 Å². The maximum Gasteiger partial charge on any atom is 0.407 e. The zero-order chi connectivity index (χ0) is 29.8. The van der Waals surface area contributed by atoms with Crippen LogP contribution in [-0.2, 0) is 30.3 Å². The molecule has 1 heterocycles. The average molecular weight is 552 g/mol. The summed E-state index contributed by atoms with van der Waals surface area (Å²) in [6, 6.07) is 0.179. The van der Waals surface area contributed by atoms with E-state index in [1.54, 1.807) is 73.0 Å². The van der Waals surface area contributed by atoms with Crippen molar-refractivity contribution in [3.8, 4) is 0 Å². The summed E-state index contributed by atoms with van der Waals surface area (Å²) in [7, 11) is 0. The van der Waals surface area contributed by atoms with Crippen LogP contribution in [0.2, 0.25) is 0 Å². The Kier molecular flexibility index (Phi) is 13.3.